The van der Waals surface area contributed by atoms with E-state index in [4.69, 9.17) is 14.5 Å². The average Bonchev–Trinajstić information content (AvgIpc) is 3.09. The summed E-state index contributed by atoms with van der Waals surface area (Å²) in [5, 5.41) is 0. The van der Waals surface area contributed by atoms with Gasteiger partial charge in [0.1, 0.15) is 12.1 Å². The minimum atomic E-state index is -0.0671. The van der Waals surface area contributed by atoms with Crippen molar-refractivity contribution in [1.82, 2.24) is 4.57 Å². The fourth-order valence-corrected chi connectivity index (χ4v) is 3.42. The number of hydrogen-bond acceptors (Lipinski definition) is 4. The van der Waals surface area contributed by atoms with Gasteiger partial charge >= 0.3 is 0 Å². The van der Waals surface area contributed by atoms with Crippen molar-refractivity contribution in [2.24, 2.45) is 4.99 Å². The van der Waals surface area contributed by atoms with Crippen molar-refractivity contribution < 1.29 is 14.3 Å². The number of nitrogens with zero attached hydrogens (tertiary/aromatic N) is 2. The fraction of sp³-hybridized carbons (Fsp3) is 0.684. The molecule has 0 unspecified atom stereocenters. The van der Waals surface area contributed by atoms with Crippen LogP contribution in [-0.2, 0) is 9.47 Å². The molecule has 0 radical (unpaired) electrons. The Kier molecular flexibility index (Phi) is 6.21. The summed E-state index contributed by atoms with van der Waals surface area (Å²) in [6.07, 6.45) is 10.1. The van der Waals surface area contributed by atoms with Gasteiger partial charge in [0, 0.05) is 12.8 Å². The zero-order valence-electron chi connectivity index (χ0n) is 14.6. The Morgan fingerprint density at radius 1 is 1.29 bits per heavy atom. The Bertz CT molecular complexity index is 611. The van der Waals surface area contributed by atoms with Crippen LogP contribution in [0.4, 0.5) is 0 Å². The molecule has 0 N–H and O–H groups in total. The molecule has 24 heavy (non-hydrogen) atoms. The highest BCUT2D eigenvalue weighted by atomic mass is 16.5. The number of aromatic nitrogens is 1. The van der Waals surface area contributed by atoms with Gasteiger partial charge < -0.3 is 9.47 Å². The zero-order chi connectivity index (χ0) is 16.8. The van der Waals surface area contributed by atoms with E-state index in [2.05, 4.69) is 0 Å². The molecule has 3 rings (SSSR count). The zero-order valence-corrected chi connectivity index (χ0v) is 14.6. The summed E-state index contributed by atoms with van der Waals surface area (Å²) in [5.74, 6) is -0.0671. The number of carbonyl (C=O) groups excluding carboxylic acids is 1. The van der Waals surface area contributed by atoms with Gasteiger partial charge in [0.2, 0.25) is 0 Å². The van der Waals surface area contributed by atoms with Gasteiger partial charge in [0.25, 0.3) is 5.91 Å². The van der Waals surface area contributed by atoms with E-state index >= 15 is 0 Å². The molecule has 2 aliphatic rings. The van der Waals surface area contributed by atoms with Gasteiger partial charge in [-0.2, -0.15) is 0 Å². The molecule has 1 aliphatic heterocycles. The third kappa shape index (κ3) is 4.77. The lowest BCUT2D eigenvalue weighted by Crippen LogP contribution is -2.32. The molecule has 5 nitrogen and oxygen atoms in total. The molecule has 1 saturated heterocycles. The summed E-state index contributed by atoms with van der Waals surface area (Å²) in [7, 11) is 0. The van der Waals surface area contributed by atoms with Gasteiger partial charge in [0.05, 0.1) is 18.8 Å². The molecule has 2 fully saturated rings. The summed E-state index contributed by atoms with van der Waals surface area (Å²) in [6.45, 7) is 3.40. The van der Waals surface area contributed by atoms with Crippen LogP contribution in [0.1, 0.15) is 55.3 Å². The van der Waals surface area contributed by atoms with Gasteiger partial charge in [0.15, 0.2) is 0 Å². The minimum absolute atomic E-state index is 0.0671. The molecule has 0 amide bonds. The van der Waals surface area contributed by atoms with E-state index in [0.29, 0.717) is 12.6 Å². The Hall–Kier alpha value is -1.46. The average molecular weight is 332 g/mol. The first-order valence-corrected chi connectivity index (χ1v) is 9.18. The van der Waals surface area contributed by atoms with E-state index in [0.717, 1.165) is 43.3 Å². The fourth-order valence-electron chi connectivity index (χ4n) is 3.42. The van der Waals surface area contributed by atoms with E-state index < -0.39 is 0 Å². The monoisotopic (exact) mass is 332 g/mol. The van der Waals surface area contributed by atoms with Crippen LogP contribution in [0.5, 0.6) is 0 Å². The molecule has 2 heterocycles. The second-order valence-corrected chi connectivity index (χ2v) is 6.90. The van der Waals surface area contributed by atoms with Gasteiger partial charge in [-0.1, -0.05) is 19.3 Å². The Balaban J connectivity index is 1.66. The lowest BCUT2D eigenvalue weighted by Gasteiger charge is -2.18. The standard InChI is InChI=1S/C19H28N2O3/c1-15-9-10-21(18(12-15)20-16-6-3-2-4-7-16)19(22)14-23-13-17-8-5-11-24-17/h9-10,12,16-17H,2-8,11,13-14H2,1H3/t17-/m0/s1. The van der Waals surface area contributed by atoms with E-state index in [1.165, 1.54) is 19.3 Å². The topological polar surface area (TPSA) is 52.8 Å². The highest BCUT2D eigenvalue weighted by Gasteiger charge is 2.17. The van der Waals surface area contributed by atoms with Crippen LogP contribution < -0.4 is 5.49 Å². The van der Waals surface area contributed by atoms with Crippen LogP contribution in [0.15, 0.2) is 23.3 Å². The van der Waals surface area contributed by atoms with Gasteiger partial charge in [-0.25, -0.2) is 0 Å². The summed E-state index contributed by atoms with van der Waals surface area (Å²) in [4.78, 5) is 17.4. The maximum Gasteiger partial charge on any atom is 0.258 e. The van der Waals surface area contributed by atoms with Gasteiger partial charge in [-0.15, -0.1) is 0 Å². The molecule has 1 saturated carbocycles. The number of pyridine rings is 1. The molecule has 0 spiro atoms. The van der Waals surface area contributed by atoms with Crippen LogP contribution in [0.3, 0.4) is 0 Å². The van der Waals surface area contributed by atoms with Crippen LogP contribution in [0.25, 0.3) is 0 Å². The highest BCUT2D eigenvalue weighted by molar-refractivity contribution is 5.79. The second-order valence-electron chi connectivity index (χ2n) is 6.90. The van der Waals surface area contributed by atoms with E-state index in [1.54, 1.807) is 4.57 Å². The molecular weight excluding hydrogens is 304 g/mol. The van der Waals surface area contributed by atoms with Crippen molar-refractivity contribution in [1.29, 1.82) is 0 Å². The Morgan fingerprint density at radius 3 is 2.88 bits per heavy atom. The molecule has 5 heteroatoms. The number of ether oxygens (including phenoxy) is 2. The quantitative estimate of drug-likeness (QED) is 0.833. The van der Waals surface area contributed by atoms with Gasteiger partial charge in [-0.05, 0) is 50.3 Å². The lowest BCUT2D eigenvalue weighted by atomic mass is 9.96. The van der Waals surface area contributed by atoms with Crippen molar-refractivity contribution in [3.8, 4) is 0 Å². The number of hydrogen-bond donors (Lipinski definition) is 0. The molecule has 132 valence electrons. The van der Waals surface area contributed by atoms with Crippen molar-refractivity contribution in [2.45, 2.75) is 64.0 Å². The predicted molar refractivity (Wildman–Crippen MR) is 92.0 cm³/mol. The molecule has 0 aromatic carbocycles. The Labute approximate surface area is 143 Å². The number of rotatable bonds is 5. The number of carbonyl (C=O) groups is 1. The van der Waals surface area contributed by atoms with Crippen LogP contribution in [0, 0.1) is 6.92 Å². The first kappa shape index (κ1) is 17.4. The van der Waals surface area contributed by atoms with E-state index in [-0.39, 0.29) is 18.6 Å². The van der Waals surface area contributed by atoms with Crippen molar-refractivity contribution >= 4 is 5.91 Å². The van der Waals surface area contributed by atoms with Crippen molar-refractivity contribution in [2.75, 3.05) is 19.8 Å². The predicted octanol–water partition coefficient (Wildman–Crippen LogP) is 2.87. The Morgan fingerprint density at radius 2 is 2.12 bits per heavy atom. The summed E-state index contributed by atoms with van der Waals surface area (Å²) >= 11 is 0. The summed E-state index contributed by atoms with van der Waals surface area (Å²) in [6, 6.07) is 4.28. The normalized spacial score (nSPS) is 22.9. The highest BCUT2D eigenvalue weighted by Crippen LogP contribution is 2.19. The van der Waals surface area contributed by atoms with Crippen LogP contribution >= 0.6 is 0 Å². The molecule has 1 aromatic heterocycles. The third-order valence-electron chi connectivity index (χ3n) is 4.80. The molecule has 1 aromatic rings. The van der Waals surface area contributed by atoms with Crippen molar-refractivity contribution in [3.05, 3.63) is 29.4 Å². The smallest absolute Gasteiger partial charge is 0.258 e. The van der Waals surface area contributed by atoms with Crippen molar-refractivity contribution in [3.63, 3.8) is 0 Å². The van der Waals surface area contributed by atoms with E-state index in [1.807, 2.05) is 25.3 Å². The van der Waals surface area contributed by atoms with Crippen LogP contribution in [-0.4, -0.2) is 42.4 Å². The molecule has 1 atom stereocenters. The SMILES string of the molecule is Cc1ccn(C(=O)COC[C@@H]2CCCO2)c(=NC2CCCCC2)c1. The number of aryl methyl sites for hydroxylation is 1. The maximum atomic E-state index is 12.5. The first-order chi connectivity index (χ1) is 11.7. The largest absolute Gasteiger partial charge is 0.376 e. The third-order valence-corrected chi connectivity index (χ3v) is 4.80. The maximum absolute atomic E-state index is 12.5. The van der Waals surface area contributed by atoms with Crippen LogP contribution in [0.2, 0.25) is 0 Å². The lowest BCUT2D eigenvalue weighted by molar-refractivity contribution is 0.0161. The minimum Gasteiger partial charge on any atom is -0.376 e. The first-order valence-electron chi connectivity index (χ1n) is 9.18. The molecule has 0 bridgehead atoms. The van der Waals surface area contributed by atoms with Gasteiger partial charge in [-0.3, -0.25) is 14.4 Å². The molecule has 1 aliphatic carbocycles. The molecular formula is C19H28N2O3. The van der Waals surface area contributed by atoms with E-state index in [9.17, 15) is 4.79 Å². The summed E-state index contributed by atoms with van der Waals surface area (Å²) < 4.78 is 12.7. The summed E-state index contributed by atoms with van der Waals surface area (Å²) in [5.41, 5.74) is 1.88. The second kappa shape index (κ2) is 8.58.